The molecular weight excluding hydrogens is 307 g/mol. The van der Waals surface area contributed by atoms with Crippen LogP contribution in [-0.2, 0) is 11.2 Å². The quantitative estimate of drug-likeness (QED) is 0.907. The molecule has 1 aliphatic heterocycles. The van der Waals surface area contributed by atoms with Crippen molar-refractivity contribution in [3.8, 4) is 0 Å². The maximum atomic E-state index is 12.3. The second kappa shape index (κ2) is 7.34. The third kappa shape index (κ3) is 3.99. The first kappa shape index (κ1) is 16.6. The van der Waals surface area contributed by atoms with E-state index in [1.807, 2.05) is 11.8 Å². The molecule has 1 aromatic carbocycles. The van der Waals surface area contributed by atoms with Gasteiger partial charge in [-0.1, -0.05) is 29.3 Å². The molecule has 6 heteroatoms. The van der Waals surface area contributed by atoms with Crippen LogP contribution in [0.15, 0.2) is 18.2 Å². The third-order valence-electron chi connectivity index (χ3n) is 3.21. The van der Waals surface area contributed by atoms with Gasteiger partial charge in [-0.25, -0.2) is 0 Å². The molecule has 1 N–H and O–H groups in total. The van der Waals surface area contributed by atoms with E-state index in [1.54, 1.807) is 18.2 Å². The number of hydrogen-bond donors (Lipinski definition) is 1. The van der Waals surface area contributed by atoms with E-state index in [9.17, 15) is 4.79 Å². The molecule has 1 saturated heterocycles. The van der Waals surface area contributed by atoms with Crippen molar-refractivity contribution in [1.82, 2.24) is 10.2 Å². The van der Waals surface area contributed by atoms with Crippen LogP contribution in [0.4, 0.5) is 0 Å². The maximum absolute atomic E-state index is 12.3. The number of amides is 1. The fraction of sp³-hybridized carbons (Fsp3) is 0.462. The minimum absolute atomic E-state index is 0. The van der Waals surface area contributed by atoms with Gasteiger partial charge in [0.15, 0.2) is 0 Å². The Bertz CT molecular complexity index is 433. The number of carbonyl (C=O) groups is 1. The molecule has 2 rings (SSSR count). The average Bonchev–Trinajstić information content (AvgIpc) is 2.34. The largest absolute Gasteiger partial charge is 0.337 e. The summed E-state index contributed by atoms with van der Waals surface area (Å²) in [6, 6.07) is 5.52. The van der Waals surface area contributed by atoms with Gasteiger partial charge in [0.05, 0.1) is 6.42 Å². The van der Waals surface area contributed by atoms with E-state index < -0.39 is 0 Å². The highest BCUT2D eigenvalue weighted by molar-refractivity contribution is 6.36. The summed E-state index contributed by atoms with van der Waals surface area (Å²) in [7, 11) is 0. The van der Waals surface area contributed by atoms with Crippen molar-refractivity contribution in [3.63, 3.8) is 0 Å². The van der Waals surface area contributed by atoms with E-state index in [1.165, 1.54) is 0 Å². The monoisotopic (exact) mass is 322 g/mol. The van der Waals surface area contributed by atoms with Crippen molar-refractivity contribution < 1.29 is 4.79 Å². The fourth-order valence-electron chi connectivity index (χ4n) is 2.17. The van der Waals surface area contributed by atoms with Crippen molar-refractivity contribution in [1.29, 1.82) is 0 Å². The Morgan fingerprint density at radius 3 is 2.63 bits per heavy atom. The third-order valence-corrected chi connectivity index (χ3v) is 3.92. The minimum Gasteiger partial charge on any atom is -0.337 e. The molecule has 1 fully saturated rings. The standard InChI is InChI=1S/C13H16Cl2N2O.ClH/c1-9-8-16-5-6-17(9)13(18)7-10-11(14)3-2-4-12(10)15;/h2-4,9,16H,5-8H2,1H3;1H/t9-;/m1./s1. The molecule has 3 nitrogen and oxygen atoms in total. The molecule has 1 amide bonds. The molecule has 106 valence electrons. The first-order valence-corrected chi connectivity index (χ1v) is 6.78. The van der Waals surface area contributed by atoms with Crippen LogP contribution in [0.3, 0.4) is 0 Å². The van der Waals surface area contributed by atoms with Crippen molar-refractivity contribution in [3.05, 3.63) is 33.8 Å². The number of halogens is 3. The molecule has 1 aliphatic rings. The zero-order chi connectivity index (χ0) is 13.1. The summed E-state index contributed by atoms with van der Waals surface area (Å²) in [5.41, 5.74) is 0.719. The van der Waals surface area contributed by atoms with Crippen LogP contribution >= 0.6 is 35.6 Å². The van der Waals surface area contributed by atoms with Crippen LogP contribution in [0.1, 0.15) is 12.5 Å². The van der Waals surface area contributed by atoms with Crippen LogP contribution in [0.25, 0.3) is 0 Å². The van der Waals surface area contributed by atoms with E-state index >= 15 is 0 Å². The summed E-state index contributed by atoms with van der Waals surface area (Å²) in [5.74, 6) is 0.0824. The number of nitrogens with zero attached hydrogens (tertiary/aromatic N) is 1. The Kier molecular flexibility index (Phi) is 6.40. The minimum atomic E-state index is 0. The van der Waals surface area contributed by atoms with Gasteiger partial charge < -0.3 is 10.2 Å². The van der Waals surface area contributed by atoms with Gasteiger partial charge in [-0.05, 0) is 24.6 Å². The van der Waals surface area contributed by atoms with Crippen molar-refractivity contribution in [2.75, 3.05) is 19.6 Å². The van der Waals surface area contributed by atoms with Crippen LogP contribution in [0, 0.1) is 0 Å². The van der Waals surface area contributed by atoms with E-state index in [-0.39, 0.29) is 30.8 Å². The average molecular weight is 324 g/mol. The van der Waals surface area contributed by atoms with Gasteiger partial charge in [0.25, 0.3) is 0 Å². The highest BCUT2D eigenvalue weighted by Gasteiger charge is 2.24. The predicted molar refractivity (Wildman–Crippen MR) is 81.5 cm³/mol. The Labute approximate surface area is 129 Å². The van der Waals surface area contributed by atoms with Crippen LogP contribution in [-0.4, -0.2) is 36.5 Å². The van der Waals surface area contributed by atoms with Crippen molar-refractivity contribution >= 4 is 41.5 Å². The van der Waals surface area contributed by atoms with Gasteiger partial charge in [0.2, 0.25) is 5.91 Å². The summed E-state index contributed by atoms with van der Waals surface area (Å²) >= 11 is 12.2. The zero-order valence-electron chi connectivity index (χ0n) is 10.7. The fourth-order valence-corrected chi connectivity index (χ4v) is 2.70. The van der Waals surface area contributed by atoms with E-state index in [4.69, 9.17) is 23.2 Å². The first-order chi connectivity index (χ1) is 8.59. The van der Waals surface area contributed by atoms with Gasteiger partial charge >= 0.3 is 0 Å². The highest BCUT2D eigenvalue weighted by atomic mass is 35.5. The SMILES string of the molecule is C[C@@H]1CNCCN1C(=O)Cc1c(Cl)cccc1Cl.Cl. The lowest BCUT2D eigenvalue weighted by molar-refractivity contribution is -0.133. The highest BCUT2D eigenvalue weighted by Crippen LogP contribution is 2.25. The molecular formula is C13H17Cl3N2O. The Morgan fingerprint density at radius 1 is 1.42 bits per heavy atom. The molecule has 0 aliphatic carbocycles. The Hall–Kier alpha value is -0.480. The molecule has 1 atom stereocenters. The number of rotatable bonds is 2. The topological polar surface area (TPSA) is 32.3 Å². The Morgan fingerprint density at radius 2 is 2.05 bits per heavy atom. The summed E-state index contributed by atoms with van der Waals surface area (Å²) < 4.78 is 0. The van der Waals surface area contributed by atoms with Gasteiger partial charge in [-0.2, -0.15) is 0 Å². The number of carbonyl (C=O) groups excluding carboxylic acids is 1. The number of hydrogen-bond acceptors (Lipinski definition) is 2. The van der Waals surface area contributed by atoms with E-state index in [2.05, 4.69) is 5.32 Å². The predicted octanol–water partition coefficient (Wildman–Crippen LogP) is 2.78. The molecule has 1 heterocycles. The normalized spacial score (nSPS) is 18.9. The molecule has 1 aromatic rings. The molecule has 0 radical (unpaired) electrons. The van der Waals surface area contributed by atoms with Crippen LogP contribution in [0.2, 0.25) is 10.0 Å². The number of piperazine rings is 1. The summed E-state index contributed by atoms with van der Waals surface area (Å²) in [6.45, 7) is 4.45. The second-order valence-electron chi connectivity index (χ2n) is 4.52. The van der Waals surface area contributed by atoms with Crippen molar-refractivity contribution in [2.45, 2.75) is 19.4 Å². The lowest BCUT2D eigenvalue weighted by Crippen LogP contribution is -2.52. The lowest BCUT2D eigenvalue weighted by atomic mass is 10.1. The van der Waals surface area contributed by atoms with Gasteiger partial charge in [0, 0.05) is 35.7 Å². The smallest absolute Gasteiger partial charge is 0.227 e. The summed E-state index contributed by atoms with van der Waals surface area (Å²) in [5, 5.41) is 4.37. The maximum Gasteiger partial charge on any atom is 0.227 e. The summed E-state index contributed by atoms with van der Waals surface area (Å²) in [6.07, 6.45) is 0.267. The molecule has 0 spiro atoms. The van der Waals surface area contributed by atoms with Gasteiger partial charge in [0.1, 0.15) is 0 Å². The summed E-state index contributed by atoms with van der Waals surface area (Å²) in [4.78, 5) is 14.1. The Balaban J connectivity index is 0.00000180. The molecule has 0 aromatic heterocycles. The zero-order valence-corrected chi connectivity index (χ0v) is 13.0. The molecule has 0 bridgehead atoms. The first-order valence-electron chi connectivity index (χ1n) is 6.02. The molecule has 19 heavy (non-hydrogen) atoms. The molecule has 0 saturated carbocycles. The second-order valence-corrected chi connectivity index (χ2v) is 5.33. The lowest BCUT2D eigenvalue weighted by Gasteiger charge is -2.34. The number of benzene rings is 1. The van der Waals surface area contributed by atoms with E-state index in [0.717, 1.165) is 25.2 Å². The van der Waals surface area contributed by atoms with E-state index in [0.29, 0.717) is 10.0 Å². The van der Waals surface area contributed by atoms with Crippen molar-refractivity contribution in [2.24, 2.45) is 0 Å². The van der Waals surface area contributed by atoms with Crippen LogP contribution in [0.5, 0.6) is 0 Å². The molecule has 0 unspecified atom stereocenters. The number of nitrogens with one attached hydrogen (secondary N) is 1. The van der Waals surface area contributed by atoms with Crippen LogP contribution < -0.4 is 5.32 Å². The van der Waals surface area contributed by atoms with Gasteiger partial charge in [-0.3, -0.25) is 4.79 Å². The van der Waals surface area contributed by atoms with Gasteiger partial charge in [-0.15, -0.1) is 12.4 Å².